The minimum atomic E-state index is -0.793. The van der Waals surface area contributed by atoms with E-state index in [9.17, 15) is 14.4 Å². The molecule has 0 radical (unpaired) electrons. The minimum Gasteiger partial charge on any atom is -0.479 e. The lowest BCUT2D eigenvalue weighted by Gasteiger charge is -2.26. The number of hydrogen-bond acceptors (Lipinski definition) is 4. The van der Waals surface area contributed by atoms with Crippen LogP contribution in [0.15, 0.2) is 57.0 Å². The Balaban J connectivity index is 1.99. The largest absolute Gasteiger partial charge is 0.479 e. The topological polar surface area (TPSA) is 75.7 Å². The molecule has 0 saturated carbocycles. The first-order valence-corrected chi connectivity index (χ1v) is 9.52. The fraction of sp³-hybridized carbons (Fsp3) is 0.0500. The molecule has 1 fully saturated rings. The highest BCUT2D eigenvalue weighted by molar-refractivity contribution is 9.11. The molecule has 1 aliphatic heterocycles. The predicted molar refractivity (Wildman–Crippen MR) is 112 cm³/mol. The van der Waals surface area contributed by atoms with Crippen molar-refractivity contribution in [3.8, 4) is 18.1 Å². The number of para-hydroxylation sites is 1. The average molecular weight is 504 g/mol. The Morgan fingerprint density at radius 3 is 2.36 bits per heavy atom. The molecular weight excluding hydrogens is 492 g/mol. The standard InChI is InChI=1S/C20H12Br2N2O4/c1-2-8-28-17-15(21)10-12(11-16(17)22)9-14-18(25)23-20(27)24(19(14)26)13-6-4-3-5-7-13/h1,3-7,9-11H,8H2,(H,23,25,27)/b14-9+. The quantitative estimate of drug-likeness (QED) is 0.390. The zero-order valence-electron chi connectivity index (χ0n) is 14.2. The number of imide groups is 2. The molecule has 0 bridgehead atoms. The average Bonchev–Trinajstić information content (AvgIpc) is 2.65. The highest BCUT2D eigenvalue weighted by Gasteiger charge is 2.36. The van der Waals surface area contributed by atoms with E-state index in [-0.39, 0.29) is 12.2 Å². The third-order valence-electron chi connectivity index (χ3n) is 3.75. The van der Waals surface area contributed by atoms with Gasteiger partial charge in [-0.1, -0.05) is 24.1 Å². The molecule has 1 aliphatic rings. The number of barbiturate groups is 1. The molecule has 1 heterocycles. The Kier molecular flexibility index (Phi) is 5.97. The molecule has 1 saturated heterocycles. The fourth-order valence-corrected chi connectivity index (χ4v) is 4.00. The second kappa shape index (κ2) is 8.42. The SMILES string of the molecule is C#CCOc1c(Br)cc(/C=C2\C(=O)NC(=O)N(c3ccccc3)C2=O)cc1Br. The lowest BCUT2D eigenvalue weighted by atomic mass is 10.1. The fourth-order valence-electron chi connectivity index (χ4n) is 2.55. The van der Waals surface area contributed by atoms with E-state index in [1.807, 2.05) is 0 Å². The van der Waals surface area contributed by atoms with E-state index >= 15 is 0 Å². The van der Waals surface area contributed by atoms with Gasteiger partial charge in [-0.05, 0) is 67.8 Å². The smallest absolute Gasteiger partial charge is 0.335 e. The zero-order valence-corrected chi connectivity index (χ0v) is 17.4. The van der Waals surface area contributed by atoms with Gasteiger partial charge < -0.3 is 4.74 Å². The number of benzene rings is 2. The number of amides is 4. The van der Waals surface area contributed by atoms with Crippen LogP contribution in [-0.4, -0.2) is 24.5 Å². The van der Waals surface area contributed by atoms with Crippen LogP contribution >= 0.6 is 31.9 Å². The van der Waals surface area contributed by atoms with Crippen LogP contribution in [0.1, 0.15) is 5.56 Å². The molecule has 2 aromatic carbocycles. The van der Waals surface area contributed by atoms with Gasteiger partial charge in [0.25, 0.3) is 11.8 Å². The summed E-state index contributed by atoms with van der Waals surface area (Å²) in [5, 5.41) is 2.19. The van der Waals surface area contributed by atoms with Gasteiger partial charge in [-0.3, -0.25) is 14.9 Å². The first-order chi connectivity index (χ1) is 13.4. The molecule has 1 N–H and O–H groups in total. The maximum absolute atomic E-state index is 12.8. The summed E-state index contributed by atoms with van der Waals surface area (Å²) in [4.78, 5) is 38.2. The van der Waals surface area contributed by atoms with Crippen LogP contribution in [0.25, 0.3) is 6.08 Å². The summed E-state index contributed by atoms with van der Waals surface area (Å²) in [6.07, 6.45) is 6.61. The number of hydrogen-bond donors (Lipinski definition) is 1. The Labute approximate surface area is 177 Å². The second-order valence-corrected chi connectivity index (χ2v) is 7.31. The molecule has 0 aliphatic carbocycles. The number of halogens is 2. The van der Waals surface area contributed by atoms with E-state index in [1.54, 1.807) is 42.5 Å². The van der Waals surface area contributed by atoms with Gasteiger partial charge in [0.15, 0.2) is 0 Å². The molecule has 0 spiro atoms. The van der Waals surface area contributed by atoms with Gasteiger partial charge in [0.1, 0.15) is 17.9 Å². The van der Waals surface area contributed by atoms with Crippen molar-refractivity contribution in [3.05, 3.63) is 62.5 Å². The Bertz CT molecular complexity index is 1020. The van der Waals surface area contributed by atoms with Crippen molar-refractivity contribution in [2.45, 2.75) is 0 Å². The Hall–Kier alpha value is -2.89. The van der Waals surface area contributed by atoms with Crippen molar-refractivity contribution in [2.75, 3.05) is 11.5 Å². The normalized spacial score (nSPS) is 15.4. The maximum atomic E-state index is 12.8. The molecule has 8 heteroatoms. The van der Waals surface area contributed by atoms with Crippen molar-refractivity contribution in [3.63, 3.8) is 0 Å². The lowest BCUT2D eigenvalue weighted by molar-refractivity contribution is -0.122. The molecule has 0 unspecified atom stereocenters. The highest BCUT2D eigenvalue weighted by Crippen LogP contribution is 2.35. The molecule has 6 nitrogen and oxygen atoms in total. The van der Waals surface area contributed by atoms with Crippen molar-refractivity contribution in [2.24, 2.45) is 0 Å². The van der Waals surface area contributed by atoms with Crippen LogP contribution in [0.3, 0.4) is 0 Å². The number of carbonyl (C=O) groups is 3. The third-order valence-corrected chi connectivity index (χ3v) is 4.93. The summed E-state index contributed by atoms with van der Waals surface area (Å²) in [6, 6.07) is 10.9. The van der Waals surface area contributed by atoms with Crippen LogP contribution in [-0.2, 0) is 9.59 Å². The van der Waals surface area contributed by atoms with E-state index in [0.29, 0.717) is 25.9 Å². The third kappa shape index (κ3) is 4.01. The summed E-state index contributed by atoms with van der Waals surface area (Å²) < 4.78 is 6.62. The van der Waals surface area contributed by atoms with Gasteiger partial charge in [0.2, 0.25) is 0 Å². The van der Waals surface area contributed by atoms with E-state index in [2.05, 4.69) is 43.1 Å². The zero-order chi connectivity index (χ0) is 20.3. The first-order valence-electron chi connectivity index (χ1n) is 7.94. The molecule has 0 atom stereocenters. The van der Waals surface area contributed by atoms with E-state index in [4.69, 9.17) is 11.2 Å². The minimum absolute atomic E-state index is 0.0900. The van der Waals surface area contributed by atoms with E-state index in [1.165, 1.54) is 6.08 Å². The van der Waals surface area contributed by atoms with Gasteiger partial charge in [0, 0.05) is 0 Å². The van der Waals surface area contributed by atoms with Crippen molar-refractivity contribution >= 4 is 61.5 Å². The van der Waals surface area contributed by atoms with Gasteiger partial charge in [-0.25, -0.2) is 9.69 Å². The maximum Gasteiger partial charge on any atom is 0.335 e. The monoisotopic (exact) mass is 502 g/mol. The number of anilines is 1. The van der Waals surface area contributed by atoms with Crippen LogP contribution in [0.4, 0.5) is 10.5 Å². The summed E-state index contributed by atoms with van der Waals surface area (Å²) >= 11 is 6.76. The molecule has 4 amide bonds. The number of rotatable bonds is 4. The predicted octanol–water partition coefficient (Wildman–Crippen LogP) is 3.89. The number of nitrogens with one attached hydrogen (secondary N) is 1. The van der Waals surface area contributed by atoms with Crippen molar-refractivity contribution < 1.29 is 19.1 Å². The Morgan fingerprint density at radius 1 is 1.11 bits per heavy atom. The summed E-state index contributed by atoms with van der Waals surface area (Å²) in [6.45, 7) is 0.0900. The van der Waals surface area contributed by atoms with Crippen molar-refractivity contribution in [1.29, 1.82) is 0 Å². The number of ether oxygens (including phenoxy) is 1. The van der Waals surface area contributed by atoms with E-state index < -0.39 is 17.8 Å². The van der Waals surface area contributed by atoms with Crippen LogP contribution in [0.2, 0.25) is 0 Å². The van der Waals surface area contributed by atoms with Gasteiger partial charge in [-0.2, -0.15) is 0 Å². The first kappa shape index (κ1) is 19.9. The molecule has 140 valence electrons. The summed E-state index contributed by atoms with van der Waals surface area (Å²) in [5.41, 5.74) is 0.746. The Morgan fingerprint density at radius 2 is 1.75 bits per heavy atom. The number of nitrogens with zero attached hydrogens (tertiary/aromatic N) is 1. The summed E-state index contributed by atoms with van der Waals surface area (Å²) in [5.74, 6) is 1.41. The molecule has 2 aromatic rings. The summed E-state index contributed by atoms with van der Waals surface area (Å²) in [7, 11) is 0. The van der Waals surface area contributed by atoms with Gasteiger partial charge in [-0.15, -0.1) is 6.42 Å². The molecular formula is C20H12Br2N2O4. The number of urea groups is 1. The number of terminal acetylenes is 1. The second-order valence-electron chi connectivity index (χ2n) is 5.60. The molecule has 0 aromatic heterocycles. The molecule has 28 heavy (non-hydrogen) atoms. The van der Waals surface area contributed by atoms with Gasteiger partial charge in [0.05, 0.1) is 14.6 Å². The van der Waals surface area contributed by atoms with Crippen molar-refractivity contribution in [1.82, 2.24) is 5.32 Å². The van der Waals surface area contributed by atoms with Gasteiger partial charge >= 0.3 is 6.03 Å². The molecule has 3 rings (SSSR count). The highest BCUT2D eigenvalue weighted by atomic mass is 79.9. The lowest BCUT2D eigenvalue weighted by Crippen LogP contribution is -2.54. The van der Waals surface area contributed by atoms with Crippen LogP contribution < -0.4 is 15.0 Å². The van der Waals surface area contributed by atoms with Crippen LogP contribution in [0.5, 0.6) is 5.75 Å². The van der Waals surface area contributed by atoms with E-state index in [0.717, 1.165) is 4.90 Å². The number of carbonyl (C=O) groups excluding carboxylic acids is 3. The van der Waals surface area contributed by atoms with Crippen LogP contribution in [0, 0.1) is 12.3 Å².